The highest BCUT2D eigenvalue weighted by Gasteiger charge is 2.32. The Morgan fingerprint density at radius 2 is 1.96 bits per heavy atom. The van der Waals surface area contributed by atoms with Crippen LogP contribution in [-0.2, 0) is 14.3 Å². The van der Waals surface area contributed by atoms with Gasteiger partial charge in [0.1, 0.15) is 5.52 Å². The van der Waals surface area contributed by atoms with Crippen molar-refractivity contribution in [3.63, 3.8) is 0 Å². The summed E-state index contributed by atoms with van der Waals surface area (Å²) in [6, 6.07) is 8.20. The Kier molecular flexibility index (Phi) is 3.88. The van der Waals surface area contributed by atoms with Gasteiger partial charge < -0.3 is 23.7 Å². The number of morpholine rings is 2. The van der Waals surface area contributed by atoms with Gasteiger partial charge in [0.25, 0.3) is 11.9 Å². The van der Waals surface area contributed by atoms with E-state index in [9.17, 15) is 4.79 Å². The summed E-state index contributed by atoms with van der Waals surface area (Å²) in [5.41, 5.74) is 1.58. The van der Waals surface area contributed by atoms with Gasteiger partial charge >= 0.3 is 0 Å². The fraction of sp³-hybridized carbons (Fsp3) is 0.500. The van der Waals surface area contributed by atoms with E-state index in [1.807, 2.05) is 34.1 Å². The second kappa shape index (κ2) is 6.17. The Bertz CT molecular complexity index is 662. The van der Waals surface area contributed by atoms with Crippen molar-refractivity contribution in [3.8, 4) is 0 Å². The molecule has 0 aliphatic carbocycles. The highest BCUT2D eigenvalue weighted by Crippen LogP contribution is 2.23. The van der Waals surface area contributed by atoms with Crippen molar-refractivity contribution in [1.82, 2.24) is 9.88 Å². The molecule has 2 fully saturated rings. The van der Waals surface area contributed by atoms with Crippen LogP contribution in [-0.4, -0.2) is 67.9 Å². The van der Waals surface area contributed by atoms with Gasteiger partial charge in [-0.2, -0.15) is 4.98 Å². The van der Waals surface area contributed by atoms with Crippen molar-refractivity contribution in [2.75, 3.05) is 50.9 Å². The number of oxazole rings is 1. The monoisotopic (exact) mass is 317 g/mol. The zero-order chi connectivity index (χ0) is 15.6. The summed E-state index contributed by atoms with van der Waals surface area (Å²) in [7, 11) is 0. The van der Waals surface area contributed by atoms with Gasteiger partial charge in [-0.25, -0.2) is 0 Å². The number of rotatable bonds is 2. The number of amides is 1. The van der Waals surface area contributed by atoms with Crippen LogP contribution < -0.4 is 4.90 Å². The summed E-state index contributed by atoms with van der Waals surface area (Å²) in [5.74, 6) is 0.0223. The number of hydrogen-bond acceptors (Lipinski definition) is 6. The molecule has 0 bridgehead atoms. The minimum Gasteiger partial charge on any atom is -0.423 e. The maximum atomic E-state index is 12.6. The van der Waals surface area contributed by atoms with Gasteiger partial charge in [-0.15, -0.1) is 0 Å². The van der Waals surface area contributed by atoms with Gasteiger partial charge in [-0.1, -0.05) is 12.1 Å². The molecule has 1 aromatic heterocycles. The Morgan fingerprint density at radius 3 is 2.78 bits per heavy atom. The molecule has 2 aliphatic heterocycles. The maximum absolute atomic E-state index is 12.6. The zero-order valence-electron chi connectivity index (χ0n) is 12.8. The first-order chi connectivity index (χ1) is 11.3. The molecule has 1 atom stereocenters. The van der Waals surface area contributed by atoms with Gasteiger partial charge in [0.15, 0.2) is 11.7 Å². The van der Waals surface area contributed by atoms with E-state index < -0.39 is 6.10 Å². The largest absolute Gasteiger partial charge is 0.423 e. The first-order valence-corrected chi connectivity index (χ1v) is 7.90. The number of hydrogen-bond donors (Lipinski definition) is 0. The summed E-state index contributed by atoms with van der Waals surface area (Å²) in [6.45, 7) is 4.05. The fourth-order valence-electron chi connectivity index (χ4n) is 2.96. The van der Waals surface area contributed by atoms with Crippen LogP contribution in [0.5, 0.6) is 0 Å². The van der Waals surface area contributed by atoms with Crippen molar-refractivity contribution in [2.24, 2.45) is 0 Å². The van der Waals surface area contributed by atoms with Crippen LogP contribution in [0, 0.1) is 0 Å². The standard InChI is InChI=1S/C16H19N3O4/c20-15(18-5-8-21-9-6-18)14-11-19(7-10-22-14)16-17-12-3-1-2-4-13(12)23-16/h1-4,14H,5-11H2. The van der Waals surface area contributed by atoms with Crippen LogP contribution in [0.1, 0.15) is 0 Å². The van der Waals surface area contributed by atoms with Crippen LogP contribution >= 0.6 is 0 Å². The van der Waals surface area contributed by atoms with E-state index in [2.05, 4.69) is 4.98 Å². The summed E-state index contributed by atoms with van der Waals surface area (Å²) in [6.07, 6.45) is -0.475. The zero-order valence-corrected chi connectivity index (χ0v) is 12.8. The van der Waals surface area contributed by atoms with E-state index in [0.29, 0.717) is 52.0 Å². The van der Waals surface area contributed by atoms with E-state index in [-0.39, 0.29) is 5.91 Å². The van der Waals surface area contributed by atoms with Crippen LogP contribution in [0.3, 0.4) is 0 Å². The number of nitrogens with zero attached hydrogens (tertiary/aromatic N) is 3. The van der Waals surface area contributed by atoms with E-state index >= 15 is 0 Å². The minimum atomic E-state index is -0.475. The van der Waals surface area contributed by atoms with E-state index in [0.717, 1.165) is 11.1 Å². The molecule has 7 heteroatoms. The Morgan fingerprint density at radius 1 is 1.13 bits per heavy atom. The normalized spacial score (nSPS) is 22.5. The summed E-state index contributed by atoms with van der Waals surface area (Å²) < 4.78 is 16.8. The lowest BCUT2D eigenvalue weighted by molar-refractivity contribution is -0.148. The highest BCUT2D eigenvalue weighted by atomic mass is 16.5. The third kappa shape index (κ3) is 2.89. The number of carbonyl (C=O) groups excluding carboxylic acids is 1. The van der Waals surface area contributed by atoms with Gasteiger partial charge in [-0.05, 0) is 12.1 Å². The summed E-state index contributed by atoms with van der Waals surface area (Å²) in [4.78, 5) is 20.9. The number of benzene rings is 1. The molecule has 0 spiro atoms. The third-order valence-electron chi connectivity index (χ3n) is 4.22. The number of ether oxygens (including phenoxy) is 2. The van der Waals surface area contributed by atoms with E-state index in [1.54, 1.807) is 0 Å². The molecule has 1 amide bonds. The lowest BCUT2D eigenvalue weighted by Gasteiger charge is -2.35. The molecule has 0 radical (unpaired) electrons. The second-order valence-electron chi connectivity index (χ2n) is 5.71. The third-order valence-corrected chi connectivity index (χ3v) is 4.22. The smallest absolute Gasteiger partial charge is 0.298 e. The van der Waals surface area contributed by atoms with Crippen molar-refractivity contribution in [1.29, 1.82) is 0 Å². The SMILES string of the molecule is O=C(C1CN(c2nc3ccccc3o2)CCO1)N1CCOCC1. The summed E-state index contributed by atoms with van der Waals surface area (Å²) >= 11 is 0. The molecule has 1 aromatic carbocycles. The molecule has 0 N–H and O–H groups in total. The van der Waals surface area contributed by atoms with Crippen LogP contribution in [0.15, 0.2) is 28.7 Å². The minimum absolute atomic E-state index is 0.0223. The molecule has 2 aromatic rings. The molecule has 2 aliphatic rings. The Balaban J connectivity index is 1.48. The quantitative estimate of drug-likeness (QED) is 0.819. The lowest BCUT2D eigenvalue weighted by Crippen LogP contribution is -2.53. The molecular formula is C16H19N3O4. The average molecular weight is 317 g/mol. The molecule has 7 nitrogen and oxygen atoms in total. The van der Waals surface area contributed by atoms with Crippen molar-refractivity contribution in [3.05, 3.63) is 24.3 Å². The number of aromatic nitrogens is 1. The number of anilines is 1. The van der Waals surface area contributed by atoms with Crippen LogP contribution in [0.4, 0.5) is 6.01 Å². The number of para-hydroxylation sites is 2. The highest BCUT2D eigenvalue weighted by molar-refractivity contribution is 5.82. The molecule has 2 saturated heterocycles. The molecular weight excluding hydrogens is 298 g/mol. The fourth-order valence-corrected chi connectivity index (χ4v) is 2.96. The van der Waals surface area contributed by atoms with Gasteiger partial charge in [-0.3, -0.25) is 4.79 Å². The first-order valence-electron chi connectivity index (χ1n) is 7.90. The Labute approximate surface area is 133 Å². The molecule has 23 heavy (non-hydrogen) atoms. The van der Waals surface area contributed by atoms with Crippen molar-refractivity contribution >= 4 is 23.0 Å². The molecule has 122 valence electrons. The molecule has 3 heterocycles. The van der Waals surface area contributed by atoms with Gasteiger partial charge in [0.05, 0.1) is 26.4 Å². The maximum Gasteiger partial charge on any atom is 0.298 e. The number of carbonyl (C=O) groups is 1. The van der Waals surface area contributed by atoms with E-state index in [1.165, 1.54) is 0 Å². The molecule has 4 rings (SSSR count). The predicted molar refractivity (Wildman–Crippen MR) is 83.4 cm³/mol. The molecule has 0 saturated carbocycles. The lowest BCUT2D eigenvalue weighted by atomic mass is 10.2. The Hall–Kier alpha value is -2.12. The number of fused-ring (bicyclic) bond motifs is 1. The predicted octanol–water partition coefficient (Wildman–Crippen LogP) is 0.892. The van der Waals surface area contributed by atoms with Gasteiger partial charge in [0.2, 0.25) is 0 Å². The van der Waals surface area contributed by atoms with Crippen molar-refractivity contribution in [2.45, 2.75) is 6.10 Å². The van der Waals surface area contributed by atoms with Crippen LogP contribution in [0.2, 0.25) is 0 Å². The van der Waals surface area contributed by atoms with Crippen molar-refractivity contribution < 1.29 is 18.7 Å². The molecule has 1 unspecified atom stereocenters. The average Bonchev–Trinajstić information content (AvgIpc) is 3.06. The van der Waals surface area contributed by atoms with Gasteiger partial charge in [0, 0.05) is 19.6 Å². The van der Waals surface area contributed by atoms with Crippen LogP contribution in [0.25, 0.3) is 11.1 Å². The van der Waals surface area contributed by atoms with E-state index in [4.69, 9.17) is 13.9 Å². The second-order valence-corrected chi connectivity index (χ2v) is 5.71. The topological polar surface area (TPSA) is 68.0 Å². The first kappa shape index (κ1) is 14.5. The summed E-state index contributed by atoms with van der Waals surface area (Å²) in [5, 5.41) is 0.